The molecule has 1 fully saturated rings. The number of carbonyl (C=O) groups is 2. The van der Waals surface area contributed by atoms with Crippen LogP contribution in [0.4, 0.5) is 0 Å². The predicted octanol–water partition coefficient (Wildman–Crippen LogP) is 2.56. The highest BCUT2D eigenvalue weighted by molar-refractivity contribution is 5.85. The minimum absolute atomic E-state index is 0.0507. The number of hydrogen-bond acceptors (Lipinski definition) is 3. The average Bonchev–Trinajstić information content (AvgIpc) is 3.01. The van der Waals surface area contributed by atoms with Crippen molar-refractivity contribution in [2.75, 3.05) is 13.2 Å². The molecule has 1 aromatic carbocycles. The summed E-state index contributed by atoms with van der Waals surface area (Å²) in [7, 11) is 0. The van der Waals surface area contributed by atoms with Gasteiger partial charge in [-0.3, -0.25) is 4.79 Å². The van der Waals surface area contributed by atoms with Crippen LogP contribution in [0.15, 0.2) is 30.3 Å². The van der Waals surface area contributed by atoms with E-state index in [1.54, 1.807) is 4.90 Å². The zero-order valence-electron chi connectivity index (χ0n) is 12.6. The lowest BCUT2D eigenvalue weighted by Gasteiger charge is -2.23. The fraction of sp³-hybridized carbons (Fsp3) is 0.529. The van der Waals surface area contributed by atoms with E-state index in [2.05, 4.69) is 0 Å². The van der Waals surface area contributed by atoms with Gasteiger partial charge in [-0.15, -0.1) is 0 Å². The lowest BCUT2D eigenvalue weighted by Crippen LogP contribution is -2.41. The summed E-state index contributed by atoms with van der Waals surface area (Å²) in [6.45, 7) is 3.06. The summed E-state index contributed by atoms with van der Waals surface area (Å²) < 4.78 is 5.19. The van der Waals surface area contributed by atoms with E-state index in [0.717, 1.165) is 24.8 Å². The quantitative estimate of drug-likeness (QED) is 0.756. The van der Waals surface area contributed by atoms with E-state index in [9.17, 15) is 9.59 Å². The Morgan fingerprint density at radius 1 is 1.29 bits per heavy atom. The van der Waals surface area contributed by atoms with Crippen molar-refractivity contribution >= 4 is 11.9 Å². The van der Waals surface area contributed by atoms with Crippen LogP contribution >= 0.6 is 0 Å². The molecule has 4 nitrogen and oxygen atoms in total. The SMILES string of the molecule is CCCOC(=O)C1CCCN1C(=O)CCc1ccccc1. The molecule has 1 atom stereocenters. The highest BCUT2D eigenvalue weighted by Crippen LogP contribution is 2.20. The van der Waals surface area contributed by atoms with Crippen LogP contribution in [0, 0.1) is 0 Å². The van der Waals surface area contributed by atoms with Crippen molar-refractivity contribution in [2.45, 2.75) is 45.1 Å². The normalized spacial score (nSPS) is 17.8. The molecule has 1 unspecified atom stereocenters. The Morgan fingerprint density at radius 2 is 2.05 bits per heavy atom. The largest absolute Gasteiger partial charge is 0.464 e. The fourth-order valence-corrected chi connectivity index (χ4v) is 2.65. The van der Waals surface area contributed by atoms with Crippen molar-refractivity contribution in [1.82, 2.24) is 4.90 Å². The number of esters is 1. The first kappa shape index (κ1) is 15.5. The van der Waals surface area contributed by atoms with E-state index in [1.807, 2.05) is 37.3 Å². The Balaban J connectivity index is 1.87. The van der Waals surface area contributed by atoms with Gasteiger partial charge in [-0.05, 0) is 31.2 Å². The number of nitrogens with zero attached hydrogens (tertiary/aromatic N) is 1. The minimum Gasteiger partial charge on any atom is -0.464 e. The monoisotopic (exact) mass is 289 g/mol. The molecule has 1 saturated heterocycles. The molecule has 114 valence electrons. The van der Waals surface area contributed by atoms with Crippen molar-refractivity contribution in [3.05, 3.63) is 35.9 Å². The number of amides is 1. The first-order valence-electron chi connectivity index (χ1n) is 7.72. The summed E-state index contributed by atoms with van der Waals surface area (Å²) in [5, 5.41) is 0. The lowest BCUT2D eigenvalue weighted by atomic mass is 10.1. The van der Waals surface area contributed by atoms with Crippen LogP contribution < -0.4 is 0 Å². The highest BCUT2D eigenvalue weighted by Gasteiger charge is 2.34. The molecule has 4 heteroatoms. The van der Waals surface area contributed by atoms with Crippen molar-refractivity contribution in [1.29, 1.82) is 0 Å². The molecule has 0 bridgehead atoms. The maximum Gasteiger partial charge on any atom is 0.328 e. The number of carbonyl (C=O) groups excluding carboxylic acids is 2. The Kier molecular flexibility index (Phi) is 5.78. The Hall–Kier alpha value is -1.84. The summed E-state index contributed by atoms with van der Waals surface area (Å²) in [5.74, 6) is -0.197. The number of aryl methyl sites for hydroxylation is 1. The van der Waals surface area contributed by atoms with Gasteiger partial charge in [-0.25, -0.2) is 4.79 Å². The third-order valence-corrected chi connectivity index (χ3v) is 3.76. The lowest BCUT2D eigenvalue weighted by molar-refractivity contribution is -0.153. The number of benzene rings is 1. The van der Waals surface area contributed by atoms with E-state index in [1.165, 1.54) is 0 Å². The molecule has 0 aliphatic carbocycles. The van der Waals surface area contributed by atoms with Crippen molar-refractivity contribution in [2.24, 2.45) is 0 Å². The maximum absolute atomic E-state index is 12.3. The maximum atomic E-state index is 12.3. The summed E-state index contributed by atoms with van der Waals surface area (Å²) in [6, 6.07) is 9.57. The van der Waals surface area contributed by atoms with Gasteiger partial charge in [0.2, 0.25) is 5.91 Å². The molecule has 0 saturated carbocycles. The molecular formula is C17H23NO3. The second kappa shape index (κ2) is 7.81. The third kappa shape index (κ3) is 4.31. The van der Waals surface area contributed by atoms with Crippen LogP contribution in [0.5, 0.6) is 0 Å². The molecule has 21 heavy (non-hydrogen) atoms. The second-order valence-corrected chi connectivity index (χ2v) is 5.40. The standard InChI is InChI=1S/C17H23NO3/c1-2-13-21-17(20)15-9-6-12-18(15)16(19)11-10-14-7-4-3-5-8-14/h3-5,7-8,15H,2,6,9-13H2,1H3. The number of ether oxygens (including phenoxy) is 1. The second-order valence-electron chi connectivity index (χ2n) is 5.40. The molecule has 0 spiro atoms. The van der Waals surface area contributed by atoms with Gasteiger partial charge in [0.25, 0.3) is 0 Å². The number of hydrogen-bond donors (Lipinski definition) is 0. The van der Waals surface area contributed by atoms with Gasteiger partial charge in [0, 0.05) is 13.0 Å². The Bertz CT molecular complexity index is 472. The molecule has 1 aliphatic rings. The van der Waals surface area contributed by atoms with E-state index < -0.39 is 0 Å². The smallest absolute Gasteiger partial charge is 0.328 e. The number of likely N-dealkylation sites (tertiary alicyclic amines) is 1. The van der Waals surface area contributed by atoms with Crippen LogP contribution in [-0.2, 0) is 20.7 Å². The summed E-state index contributed by atoms with van der Waals surface area (Å²) in [6.07, 6.45) is 3.57. The van der Waals surface area contributed by atoms with E-state index >= 15 is 0 Å². The van der Waals surface area contributed by atoms with Crippen LogP contribution in [0.3, 0.4) is 0 Å². The highest BCUT2D eigenvalue weighted by atomic mass is 16.5. The van der Waals surface area contributed by atoms with Crippen molar-refractivity contribution in [3.8, 4) is 0 Å². The molecule has 2 rings (SSSR count). The average molecular weight is 289 g/mol. The topological polar surface area (TPSA) is 46.6 Å². The molecule has 0 N–H and O–H groups in total. The summed E-state index contributed by atoms with van der Waals surface area (Å²) >= 11 is 0. The third-order valence-electron chi connectivity index (χ3n) is 3.76. The van der Waals surface area contributed by atoms with Gasteiger partial charge < -0.3 is 9.64 Å². The zero-order valence-corrected chi connectivity index (χ0v) is 12.6. The van der Waals surface area contributed by atoms with E-state index in [0.29, 0.717) is 26.0 Å². The van der Waals surface area contributed by atoms with E-state index in [-0.39, 0.29) is 17.9 Å². The molecule has 1 aromatic rings. The molecular weight excluding hydrogens is 266 g/mol. The van der Waals surface area contributed by atoms with Crippen LogP contribution in [-0.4, -0.2) is 36.0 Å². The minimum atomic E-state index is -0.375. The van der Waals surface area contributed by atoms with Crippen LogP contribution in [0.1, 0.15) is 38.2 Å². The van der Waals surface area contributed by atoms with Gasteiger partial charge >= 0.3 is 5.97 Å². The van der Waals surface area contributed by atoms with Crippen LogP contribution in [0.25, 0.3) is 0 Å². The van der Waals surface area contributed by atoms with Crippen molar-refractivity contribution in [3.63, 3.8) is 0 Å². The van der Waals surface area contributed by atoms with Gasteiger partial charge in [0.15, 0.2) is 0 Å². The van der Waals surface area contributed by atoms with Gasteiger partial charge in [0.1, 0.15) is 6.04 Å². The molecule has 1 heterocycles. The molecule has 0 radical (unpaired) electrons. The Labute approximate surface area is 126 Å². The number of rotatable bonds is 6. The first-order chi connectivity index (χ1) is 10.2. The Morgan fingerprint density at radius 3 is 2.76 bits per heavy atom. The first-order valence-corrected chi connectivity index (χ1v) is 7.72. The van der Waals surface area contributed by atoms with E-state index in [4.69, 9.17) is 4.74 Å². The van der Waals surface area contributed by atoms with Crippen LogP contribution in [0.2, 0.25) is 0 Å². The summed E-state index contributed by atoms with van der Waals surface area (Å²) in [4.78, 5) is 26.0. The van der Waals surface area contributed by atoms with Gasteiger partial charge in [0.05, 0.1) is 6.61 Å². The van der Waals surface area contributed by atoms with Gasteiger partial charge in [-0.1, -0.05) is 37.3 Å². The summed E-state index contributed by atoms with van der Waals surface area (Å²) in [5.41, 5.74) is 1.15. The zero-order chi connectivity index (χ0) is 15.1. The molecule has 0 aromatic heterocycles. The fourth-order valence-electron chi connectivity index (χ4n) is 2.65. The predicted molar refractivity (Wildman–Crippen MR) is 80.7 cm³/mol. The molecule has 1 amide bonds. The van der Waals surface area contributed by atoms with Gasteiger partial charge in [-0.2, -0.15) is 0 Å². The molecule has 1 aliphatic heterocycles. The van der Waals surface area contributed by atoms with Crippen molar-refractivity contribution < 1.29 is 14.3 Å².